The minimum atomic E-state index is -0.662. The summed E-state index contributed by atoms with van der Waals surface area (Å²) in [6.07, 6.45) is 0.941. The van der Waals surface area contributed by atoms with Gasteiger partial charge in [0.25, 0.3) is 0 Å². The highest BCUT2D eigenvalue weighted by atomic mass is 16.2. The van der Waals surface area contributed by atoms with E-state index >= 15 is 0 Å². The standard InChI is InChI=1S/C19H32N6O4/c1-10(2)8-23-17(28)13-6-5-12(16(27)21-11(3)4)7-14(13)25-18(23)22-24(19(25)29)9-15(20)26/h10-14,18,22H,5-9H2,1-4H3,(H2,20,26)(H,21,27). The monoisotopic (exact) mass is 408 g/mol. The number of hydrogen-bond acceptors (Lipinski definition) is 5. The van der Waals surface area contributed by atoms with E-state index in [0.717, 1.165) is 0 Å². The summed E-state index contributed by atoms with van der Waals surface area (Å²) >= 11 is 0. The van der Waals surface area contributed by atoms with E-state index in [9.17, 15) is 19.2 Å². The smallest absolute Gasteiger partial charge is 0.337 e. The Labute approximate surface area is 171 Å². The fourth-order valence-corrected chi connectivity index (χ4v) is 4.61. The molecule has 2 aliphatic heterocycles. The molecule has 3 aliphatic rings. The molecule has 3 fully saturated rings. The van der Waals surface area contributed by atoms with E-state index in [4.69, 9.17) is 5.73 Å². The Hall–Kier alpha value is -2.36. The molecule has 2 saturated heterocycles. The van der Waals surface area contributed by atoms with E-state index in [-0.39, 0.29) is 54.2 Å². The highest BCUT2D eigenvalue weighted by molar-refractivity contribution is 5.88. The minimum Gasteiger partial charge on any atom is -0.368 e. The average molecular weight is 409 g/mol. The zero-order valence-electron chi connectivity index (χ0n) is 17.6. The predicted molar refractivity (Wildman–Crippen MR) is 105 cm³/mol. The summed E-state index contributed by atoms with van der Waals surface area (Å²) in [7, 11) is 0. The van der Waals surface area contributed by atoms with Crippen LogP contribution in [0.25, 0.3) is 0 Å². The van der Waals surface area contributed by atoms with Crippen molar-refractivity contribution in [3.63, 3.8) is 0 Å². The van der Waals surface area contributed by atoms with Gasteiger partial charge in [-0.05, 0) is 39.0 Å². The number of hydrazine groups is 1. The van der Waals surface area contributed by atoms with Gasteiger partial charge in [0.1, 0.15) is 6.54 Å². The lowest BCUT2D eigenvalue weighted by molar-refractivity contribution is -0.159. The van der Waals surface area contributed by atoms with Crippen LogP contribution in [0.5, 0.6) is 0 Å². The van der Waals surface area contributed by atoms with Gasteiger partial charge < -0.3 is 16.0 Å². The summed E-state index contributed by atoms with van der Waals surface area (Å²) in [4.78, 5) is 53.6. The molecule has 0 aromatic rings. The van der Waals surface area contributed by atoms with E-state index < -0.39 is 12.2 Å². The van der Waals surface area contributed by atoms with Crippen molar-refractivity contribution < 1.29 is 19.2 Å². The van der Waals surface area contributed by atoms with Crippen LogP contribution in [0.1, 0.15) is 47.0 Å². The zero-order chi connectivity index (χ0) is 21.5. The predicted octanol–water partition coefficient (Wildman–Crippen LogP) is -0.195. The lowest BCUT2D eigenvalue weighted by atomic mass is 9.75. The number of nitrogens with two attached hydrogens (primary N) is 1. The summed E-state index contributed by atoms with van der Waals surface area (Å²) in [5.74, 6) is -1.06. The molecule has 5 amide bonds. The SMILES string of the molecule is CC(C)CN1C(=O)C2CCC(C(=O)NC(C)C)CC2N2C(=O)N(CC(N)=O)NC12. The lowest BCUT2D eigenvalue weighted by Gasteiger charge is -2.50. The lowest BCUT2D eigenvalue weighted by Crippen LogP contribution is -2.67. The Bertz CT molecular complexity index is 696. The molecular weight excluding hydrogens is 376 g/mol. The van der Waals surface area contributed by atoms with Crippen molar-refractivity contribution in [1.82, 2.24) is 25.6 Å². The maximum atomic E-state index is 13.3. The third-order valence-electron chi connectivity index (χ3n) is 5.73. The maximum absolute atomic E-state index is 13.3. The molecule has 2 heterocycles. The molecule has 0 aromatic heterocycles. The third kappa shape index (κ3) is 4.17. The Morgan fingerprint density at radius 2 is 1.90 bits per heavy atom. The number of carbonyl (C=O) groups is 4. The van der Waals surface area contributed by atoms with Crippen molar-refractivity contribution >= 4 is 23.8 Å². The Balaban J connectivity index is 1.88. The van der Waals surface area contributed by atoms with Crippen LogP contribution in [0.2, 0.25) is 0 Å². The zero-order valence-corrected chi connectivity index (χ0v) is 17.6. The van der Waals surface area contributed by atoms with E-state index in [2.05, 4.69) is 10.7 Å². The van der Waals surface area contributed by atoms with Gasteiger partial charge in [-0.15, -0.1) is 0 Å². The number of nitrogens with one attached hydrogen (secondary N) is 2. The van der Waals surface area contributed by atoms with Crippen molar-refractivity contribution in [2.45, 2.75) is 65.3 Å². The highest BCUT2D eigenvalue weighted by Gasteiger charge is 2.56. The van der Waals surface area contributed by atoms with Gasteiger partial charge in [0.15, 0.2) is 6.29 Å². The molecule has 1 saturated carbocycles. The number of rotatable bonds is 6. The van der Waals surface area contributed by atoms with Crippen molar-refractivity contribution in [2.24, 2.45) is 23.5 Å². The second-order valence-electron chi connectivity index (χ2n) is 8.98. The average Bonchev–Trinajstić information content (AvgIpc) is 2.93. The van der Waals surface area contributed by atoms with Crippen molar-refractivity contribution in [3.8, 4) is 0 Å². The number of fused-ring (bicyclic) bond motifs is 3. The molecule has 1 aliphatic carbocycles. The van der Waals surface area contributed by atoms with Gasteiger partial charge in [-0.25, -0.2) is 9.80 Å². The molecule has 162 valence electrons. The van der Waals surface area contributed by atoms with E-state index in [1.54, 1.807) is 9.80 Å². The van der Waals surface area contributed by atoms with E-state index in [1.807, 2.05) is 27.7 Å². The summed E-state index contributed by atoms with van der Waals surface area (Å²) in [6, 6.07) is -0.732. The normalized spacial score (nSPS) is 29.4. The molecule has 4 atom stereocenters. The van der Waals surface area contributed by atoms with Crippen LogP contribution < -0.4 is 16.5 Å². The number of carbonyl (C=O) groups excluding carboxylic acids is 4. The third-order valence-corrected chi connectivity index (χ3v) is 5.73. The first-order valence-corrected chi connectivity index (χ1v) is 10.3. The van der Waals surface area contributed by atoms with Crippen LogP contribution >= 0.6 is 0 Å². The largest absolute Gasteiger partial charge is 0.368 e. The summed E-state index contributed by atoms with van der Waals surface area (Å²) in [5.41, 5.74) is 8.26. The molecule has 29 heavy (non-hydrogen) atoms. The van der Waals surface area contributed by atoms with Gasteiger partial charge in [0, 0.05) is 24.5 Å². The van der Waals surface area contributed by atoms with Crippen molar-refractivity contribution in [2.75, 3.05) is 13.1 Å². The maximum Gasteiger partial charge on any atom is 0.337 e. The van der Waals surface area contributed by atoms with E-state index in [0.29, 0.717) is 25.8 Å². The van der Waals surface area contributed by atoms with Crippen molar-refractivity contribution in [1.29, 1.82) is 0 Å². The molecule has 0 bridgehead atoms. The highest BCUT2D eigenvalue weighted by Crippen LogP contribution is 2.40. The quantitative estimate of drug-likeness (QED) is 0.561. The number of hydrogen-bond donors (Lipinski definition) is 3. The molecule has 0 radical (unpaired) electrons. The topological polar surface area (TPSA) is 128 Å². The van der Waals surface area contributed by atoms with Gasteiger partial charge in [0.2, 0.25) is 17.7 Å². The Kier molecular flexibility index (Phi) is 6.02. The summed E-state index contributed by atoms with van der Waals surface area (Å²) in [5, 5.41) is 4.11. The van der Waals surface area contributed by atoms with Gasteiger partial charge in [-0.1, -0.05) is 13.8 Å². The van der Waals surface area contributed by atoms with Crippen LogP contribution in [0, 0.1) is 17.8 Å². The molecule has 4 unspecified atom stereocenters. The van der Waals surface area contributed by atoms with E-state index in [1.165, 1.54) is 5.01 Å². The molecule has 0 aromatic carbocycles. The minimum absolute atomic E-state index is 0.00565. The van der Waals surface area contributed by atoms with Gasteiger partial charge in [0.05, 0.1) is 5.92 Å². The Morgan fingerprint density at radius 1 is 1.21 bits per heavy atom. The van der Waals surface area contributed by atoms with Crippen LogP contribution in [0.3, 0.4) is 0 Å². The number of nitrogens with zero attached hydrogens (tertiary/aromatic N) is 3. The van der Waals surface area contributed by atoms with Crippen LogP contribution in [0.4, 0.5) is 4.79 Å². The van der Waals surface area contributed by atoms with Gasteiger partial charge >= 0.3 is 6.03 Å². The Morgan fingerprint density at radius 3 is 2.48 bits per heavy atom. The molecule has 4 N–H and O–H groups in total. The molecule has 3 rings (SSSR count). The first-order chi connectivity index (χ1) is 13.6. The first kappa shape index (κ1) is 21.4. The van der Waals surface area contributed by atoms with Crippen LogP contribution in [-0.4, -0.2) is 70.0 Å². The summed E-state index contributed by atoms with van der Waals surface area (Å²) < 4.78 is 0. The molecule has 10 nitrogen and oxygen atoms in total. The van der Waals surface area contributed by atoms with Crippen LogP contribution in [0.15, 0.2) is 0 Å². The second-order valence-corrected chi connectivity index (χ2v) is 8.98. The number of urea groups is 1. The molecule has 10 heteroatoms. The molecular formula is C19H32N6O4. The molecule has 0 spiro atoms. The van der Waals surface area contributed by atoms with Crippen molar-refractivity contribution in [3.05, 3.63) is 0 Å². The fraction of sp³-hybridized carbons (Fsp3) is 0.789. The summed E-state index contributed by atoms with van der Waals surface area (Å²) in [6.45, 7) is 8.05. The van der Waals surface area contributed by atoms with Gasteiger partial charge in [-0.3, -0.25) is 19.3 Å². The fourth-order valence-electron chi connectivity index (χ4n) is 4.61. The first-order valence-electron chi connectivity index (χ1n) is 10.3. The van der Waals surface area contributed by atoms with Crippen LogP contribution in [-0.2, 0) is 14.4 Å². The van der Waals surface area contributed by atoms with Gasteiger partial charge in [-0.2, -0.15) is 5.43 Å². The second kappa shape index (κ2) is 8.17. The number of primary amides is 1. The number of amides is 5.